The van der Waals surface area contributed by atoms with Gasteiger partial charge < -0.3 is 15.0 Å². The molecule has 0 aromatic heterocycles. The van der Waals surface area contributed by atoms with Gasteiger partial charge in [-0.1, -0.05) is 11.6 Å². The Morgan fingerprint density at radius 2 is 2.04 bits per heavy atom. The number of amides is 1. The Bertz CT molecular complexity index is 681. The van der Waals surface area contributed by atoms with Crippen LogP contribution in [0.4, 0.5) is 13.2 Å². The minimum atomic E-state index is -4.44. The summed E-state index contributed by atoms with van der Waals surface area (Å²) in [6, 6.07) is 1.68. The molecule has 3 rings (SSSR count). The second-order valence-corrected chi connectivity index (χ2v) is 6.99. The summed E-state index contributed by atoms with van der Waals surface area (Å²) >= 11 is 6.15. The van der Waals surface area contributed by atoms with Gasteiger partial charge in [-0.15, -0.1) is 0 Å². The molecule has 1 aromatic carbocycles. The number of hydrogen-bond acceptors (Lipinski definition) is 3. The van der Waals surface area contributed by atoms with Gasteiger partial charge in [0.2, 0.25) is 0 Å². The average Bonchev–Trinajstić information content (AvgIpc) is 2.53. The van der Waals surface area contributed by atoms with Gasteiger partial charge in [0.05, 0.1) is 17.7 Å². The van der Waals surface area contributed by atoms with Crippen molar-refractivity contribution < 1.29 is 22.7 Å². The van der Waals surface area contributed by atoms with Crippen LogP contribution in [-0.2, 0) is 22.1 Å². The van der Waals surface area contributed by atoms with Crippen molar-refractivity contribution in [2.24, 2.45) is 0 Å². The zero-order valence-corrected chi connectivity index (χ0v) is 14.7. The molecule has 0 spiro atoms. The lowest BCUT2D eigenvalue weighted by Gasteiger charge is -2.39. The van der Waals surface area contributed by atoms with E-state index in [0.717, 1.165) is 12.1 Å². The van der Waals surface area contributed by atoms with E-state index in [1.807, 2.05) is 6.92 Å². The molecule has 0 bridgehead atoms. The zero-order valence-electron chi connectivity index (χ0n) is 14.0. The monoisotopic (exact) mass is 376 g/mol. The molecular formula is C17H20ClF3N2O2. The van der Waals surface area contributed by atoms with Crippen LogP contribution < -0.4 is 5.32 Å². The van der Waals surface area contributed by atoms with Gasteiger partial charge in [-0.05, 0) is 43.5 Å². The molecule has 2 aliphatic rings. The van der Waals surface area contributed by atoms with Crippen molar-refractivity contribution in [3.8, 4) is 0 Å². The van der Waals surface area contributed by atoms with E-state index in [9.17, 15) is 18.0 Å². The Labute approximate surface area is 149 Å². The second-order valence-electron chi connectivity index (χ2n) is 6.58. The van der Waals surface area contributed by atoms with Gasteiger partial charge in [0, 0.05) is 24.7 Å². The molecule has 4 nitrogen and oxygen atoms in total. The van der Waals surface area contributed by atoms with E-state index < -0.39 is 23.9 Å². The minimum absolute atomic E-state index is 0.0471. The molecule has 1 fully saturated rings. The topological polar surface area (TPSA) is 41.6 Å². The Hall–Kier alpha value is -1.31. The lowest BCUT2D eigenvalue weighted by molar-refractivity contribution is -0.152. The normalized spacial score (nSPS) is 27.1. The van der Waals surface area contributed by atoms with Crippen molar-refractivity contribution in [2.75, 3.05) is 19.6 Å². The van der Waals surface area contributed by atoms with Crippen molar-refractivity contribution in [1.29, 1.82) is 0 Å². The Kier molecular flexibility index (Phi) is 5.01. The number of nitrogens with zero attached hydrogens (tertiary/aromatic N) is 1. The fourth-order valence-electron chi connectivity index (χ4n) is 3.53. The van der Waals surface area contributed by atoms with Crippen molar-refractivity contribution in [2.45, 2.75) is 44.7 Å². The maximum Gasteiger partial charge on any atom is 0.416 e. The molecule has 25 heavy (non-hydrogen) atoms. The maximum atomic E-state index is 13.0. The summed E-state index contributed by atoms with van der Waals surface area (Å²) in [6.07, 6.45) is -4.74. The molecule has 2 heterocycles. The van der Waals surface area contributed by atoms with Crippen LogP contribution in [0, 0.1) is 0 Å². The van der Waals surface area contributed by atoms with Crippen molar-refractivity contribution in [3.05, 3.63) is 33.8 Å². The van der Waals surface area contributed by atoms with Gasteiger partial charge in [0.1, 0.15) is 6.10 Å². The molecule has 0 radical (unpaired) electrons. The van der Waals surface area contributed by atoms with E-state index in [2.05, 4.69) is 5.32 Å². The third kappa shape index (κ3) is 3.64. The highest BCUT2D eigenvalue weighted by Crippen LogP contribution is 2.40. The average molecular weight is 377 g/mol. The third-order valence-corrected chi connectivity index (χ3v) is 5.08. The van der Waals surface area contributed by atoms with E-state index in [0.29, 0.717) is 37.2 Å². The fraction of sp³-hybridized carbons (Fsp3) is 0.588. The molecule has 0 aliphatic carbocycles. The van der Waals surface area contributed by atoms with Crippen LogP contribution in [0.15, 0.2) is 12.1 Å². The molecule has 1 amide bonds. The van der Waals surface area contributed by atoms with Crippen molar-refractivity contribution in [1.82, 2.24) is 10.2 Å². The van der Waals surface area contributed by atoms with Crippen LogP contribution in [0.1, 0.15) is 36.6 Å². The summed E-state index contributed by atoms with van der Waals surface area (Å²) in [7, 11) is 0. The fourth-order valence-corrected chi connectivity index (χ4v) is 3.93. The van der Waals surface area contributed by atoms with E-state index >= 15 is 0 Å². The Balaban J connectivity index is 1.86. The SMILES string of the molecule is C[C@H]1CNC[C@H](C(=O)N2CCc3cc(C(F)(F)F)cc(Cl)c3[C@@H]2C)O1. The lowest BCUT2D eigenvalue weighted by Crippen LogP contribution is -2.53. The molecule has 1 saturated heterocycles. The van der Waals surface area contributed by atoms with Crippen LogP contribution in [0.3, 0.4) is 0 Å². The number of morpholine rings is 1. The van der Waals surface area contributed by atoms with Gasteiger partial charge >= 0.3 is 6.18 Å². The van der Waals surface area contributed by atoms with Crippen LogP contribution in [-0.4, -0.2) is 42.6 Å². The highest BCUT2D eigenvalue weighted by atomic mass is 35.5. The van der Waals surface area contributed by atoms with Gasteiger partial charge in [0.15, 0.2) is 0 Å². The first-order valence-corrected chi connectivity index (χ1v) is 8.62. The number of hydrogen-bond donors (Lipinski definition) is 1. The first-order chi connectivity index (χ1) is 11.7. The number of carbonyl (C=O) groups is 1. The number of alkyl halides is 3. The second kappa shape index (κ2) is 6.78. The van der Waals surface area contributed by atoms with Crippen LogP contribution in [0.5, 0.6) is 0 Å². The Morgan fingerprint density at radius 3 is 2.68 bits per heavy atom. The van der Waals surface area contributed by atoms with Gasteiger partial charge in [-0.3, -0.25) is 4.79 Å². The van der Waals surface area contributed by atoms with Crippen LogP contribution >= 0.6 is 11.6 Å². The number of ether oxygens (including phenoxy) is 1. The predicted molar refractivity (Wildman–Crippen MR) is 87.5 cm³/mol. The summed E-state index contributed by atoms with van der Waals surface area (Å²) in [6.45, 7) is 5.14. The molecule has 0 saturated carbocycles. The molecule has 1 aromatic rings. The van der Waals surface area contributed by atoms with Crippen molar-refractivity contribution in [3.63, 3.8) is 0 Å². The number of fused-ring (bicyclic) bond motifs is 1. The lowest BCUT2D eigenvalue weighted by atomic mass is 9.91. The maximum absolute atomic E-state index is 13.0. The number of halogens is 4. The summed E-state index contributed by atoms with van der Waals surface area (Å²) in [4.78, 5) is 14.4. The van der Waals surface area contributed by atoms with Gasteiger partial charge in [-0.2, -0.15) is 13.2 Å². The quantitative estimate of drug-likeness (QED) is 0.818. The number of nitrogens with one attached hydrogen (secondary N) is 1. The first-order valence-electron chi connectivity index (χ1n) is 8.24. The summed E-state index contributed by atoms with van der Waals surface area (Å²) < 4.78 is 44.6. The smallest absolute Gasteiger partial charge is 0.363 e. The third-order valence-electron chi connectivity index (χ3n) is 4.77. The first kappa shape index (κ1) is 18.5. The summed E-state index contributed by atoms with van der Waals surface area (Å²) in [5.74, 6) is -0.159. The molecule has 2 aliphatic heterocycles. The Morgan fingerprint density at radius 1 is 1.32 bits per heavy atom. The number of benzene rings is 1. The molecule has 138 valence electrons. The number of carbonyl (C=O) groups excluding carboxylic acids is 1. The van der Waals surface area contributed by atoms with E-state index in [1.54, 1.807) is 11.8 Å². The zero-order chi connectivity index (χ0) is 18.4. The highest BCUT2D eigenvalue weighted by Gasteiger charge is 2.38. The molecular weight excluding hydrogens is 357 g/mol. The summed E-state index contributed by atoms with van der Waals surface area (Å²) in [5, 5.41) is 3.20. The van der Waals surface area contributed by atoms with E-state index in [-0.39, 0.29) is 17.0 Å². The van der Waals surface area contributed by atoms with E-state index in [4.69, 9.17) is 16.3 Å². The van der Waals surface area contributed by atoms with Crippen LogP contribution in [0.2, 0.25) is 5.02 Å². The van der Waals surface area contributed by atoms with Gasteiger partial charge in [-0.25, -0.2) is 0 Å². The minimum Gasteiger partial charge on any atom is -0.363 e. The molecule has 3 atom stereocenters. The van der Waals surface area contributed by atoms with Crippen molar-refractivity contribution >= 4 is 17.5 Å². The highest BCUT2D eigenvalue weighted by molar-refractivity contribution is 6.31. The van der Waals surface area contributed by atoms with E-state index in [1.165, 1.54) is 0 Å². The molecule has 0 unspecified atom stereocenters. The standard InChI is InChI=1S/C17H20ClF3N2O2/c1-9-7-22-8-14(25-9)16(24)23-4-3-11-5-12(17(19,20)21)6-13(18)15(11)10(23)2/h5-6,9-10,14,22H,3-4,7-8H2,1-2H3/t9-,10-,14+/m0/s1. The molecule has 1 N–H and O–H groups in total. The van der Waals surface area contributed by atoms with Gasteiger partial charge in [0.25, 0.3) is 5.91 Å². The van der Waals surface area contributed by atoms with Crippen LogP contribution in [0.25, 0.3) is 0 Å². The number of rotatable bonds is 1. The largest absolute Gasteiger partial charge is 0.416 e. The summed E-state index contributed by atoms with van der Waals surface area (Å²) in [5.41, 5.74) is 0.385. The predicted octanol–water partition coefficient (Wildman–Crippen LogP) is 3.18. The molecule has 8 heteroatoms.